The lowest BCUT2D eigenvalue weighted by atomic mass is 9.74. The van der Waals surface area contributed by atoms with Crippen LogP contribution in [0.15, 0.2) is 43.0 Å². The van der Waals surface area contributed by atoms with Crippen molar-refractivity contribution < 1.29 is 22.8 Å². The minimum Gasteiger partial charge on any atom is -0.394 e. The smallest absolute Gasteiger partial charge is 0.281 e. The first-order chi connectivity index (χ1) is 19.7. The third kappa shape index (κ3) is 4.83. The van der Waals surface area contributed by atoms with E-state index in [9.17, 15) is 22.8 Å². The number of benzene rings is 1. The summed E-state index contributed by atoms with van der Waals surface area (Å²) in [6.45, 7) is 1.17. The van der Waals surface area contributed by atoms with E-state index < -0.39 is 29.3 Å². The van der Waals surface area contributed by atoms with Crippen LogP contribution >= 0.6 is 11.6 Å². The van der Waals surface area contributed by atoms with Crippen molar-refractivity contribution in [3.8, 4) is 0 Å². The summed E-state index contributed by atoms with van der Waals surface area (Å²) in [6.07, 6.45) is 3.73. The van der Waals surface area contributed by atoms with Crippen molar-refractivity contribution in [2.45, 2.75) is 43.6 Å². The molecule has 13 heteroatoms. The van der Waals surface area contributed by atoms with Crippen molar-refractivity contribution in [1.82, 2.24) is 20.3 Å². The fourth-order valence-electron chi connectivity index (χ4n) is 6.27. The molecule has 214 valence electrons. The maximum absolute atomic E-state index is 14.3. The number of carbonyl (C=O) groups excluding carboxylic acids is 2. The summed E-state index contributed by atoms with van der Waals surface area (Å²) >= 11 is 5.89. The van der Waals surface area contributed by atoms with Crippen LogP contribution in [0.25, 0.3) is 0 Å². The molecule has 2 aromatic heterocycles. The van der Waals surface area contributed by atoms with Crippen LogP contribution in [0.4, 0.5) is 30.4 Å². The highest BCUT2D eigenvalue weighted by Gasteiger charge is 2.58. The molecule has 4 heterocycles. The number of anilines is 3. The number of nitrogen functional groups attached to an aromatic ring is 1. The first kappa shape index (κ1) is 27.3. The number of halogens is 4. The van der Waals surface area contributed by atoms with Crippen LogP contribution in [0, 0.1) is 11.7 Å². The Labute approximate surface area is 238 Å². The molecule has 6 rings (SSSR count). The monoisotopic (exact) mass is 585 g/mol. The predicted octanol–water partition coefficient (Wildman–Crippen LogP) is 4.28. The van der Waals surface area contributed by atoms with Gasteiger partial charge in [0.25, 0.3) is 12.3 Å². The molecule has 3 aliphatic rings. The lowest BCUT2D eigenvalue weighted by Crippen LogP contribution is -2.64. The Hall–Kier alpha value is -3.93. The van der Waals surface area contributed by atoms with E-state index in [-0.39, 0.29) is 28.5 Å². The Kier molecular flexibility index (Phi) is 6.96. The summed E-state index contributed by atoms with van der Waals surface area (Å²) in [5.41, 5.74) is 6.18. The Morgan fingerprint density at radius 1 is 1.15 bits per heavy atom. The molecule has 1 spiro atoms. The summed E-state index contributed by atoms with van der Waals surface area (Å²) < 4.78 is 41.1. The van der Waals surface area contributed by atoms with E-state index in [0.29, 0.717) is 62.5 Å². The number of nitrogens with two attached hydrogens (primary N) is 1. The van der Waals surface area contributed by atoms with Crippen LogP contribution in [0.3, 0.4) is 0 Å². The molecule has 1 aliphatic carbocycles. The van der Waals surface area contributed by atoms with Crippen LogP contribution < -0.4 is 20.9 Å². The average molecular weight is 586 g/mol. The van der Waals surface area contributed by atoms with Crippen LogP contribution in [0.2, 0.25) is 5.02 Å². The van der Waals surface area contributed by atoms with Crippen molar-refractivity contribution in [3.63, 3.8) is 0 Å². The number of hydrogen-bond acceptors (Lipinski definition) is 7. The number of aromatic nitrogens is 3. The van der Waals surface area contributed by atoms with E-state index in [0.717, 1.165) is 11.8 Å². The molecule has 41 heavy (non-hydrogen) atoms. The number of pyridine rings is 1. The van der Waals surface area contributed by atoms with Gasteiger partial charge >= 0.3 is 0 Å². The number of carbonyl (C=O) groups is 2. The van der Waals surface area contributed by atoms with Gasteiger partial charge in [-0.25, -0.2) is 23.1 Å². The SMILES string of the molecule is Nc1cncnc1N1CC2(C1)C(=O)N(CC1CCC(NC(=O)c3cc(Cl)cnc3C(F)F)CC1)c1cc(F)ccc12. The summed E-state index contributed by atoms with van der Waals surface area (Å²) in [5, 5.41) is 2.93. The van der Waals surface area contributed by atoms with Crippen LogP contribution in [0.1, 0.15) is 53.7 Å². The molecule has 2 amide bonds. The number of rotatable bonds is 6. The molecule has 0 radical (unpaired) electrons. The number of nitrogens with zero attached hydrogens (tertiary/aromatic N) is 5. The Morgan fingerprint density at radius 2 is 1.90 bits per heavy atom. The van der Waals surface area contributed by atoms with Crippen molar-refractivity contribution in [1.29, 1.82) is 0 Å². The minimum absolute atomic E-state index is 0.0783. The van der Waals surface area contributed by atoms with Crippen molar-refractivity contribution in [2.75, 3.05) is 35.2 Å². The quantitative estimate of drug-likeness (QED) is 0.443. The lowest BCUT2D eigenvalue weighted by Gasteiger charge is -2.47. The van der Waals surface area contributed by atoms with Crippen molar-refractivity contribution in [2.24, 2.45) is 5.92 Å². The molecule has 0 bridgehead atoms. The molecule has 1 aromatic carbocycles. The molecule has 1 saturated heterocycles. The number of alkyl halides is 2. The summed E-state index contributed by atoms with van der Waals surface area (Å²) in [5.74, 6) is -0.448. The molecule has 1 saturated carbocycles. The highest BCUT2D eigenvalue weighted by molar-refractivity contribution is 6.30. The van der Waals surface area contributed by atoms with E-state index in [1.165, 1.54) is 30.7 Å². The molecule has 3 aromatic rings. The molecule has 9 nitrogen and oxygen atoms in total. The van der Waals surface area contributed by atoms with Gasteiger partial charge in [0.1, 0.15) is 23.3 Å². The maximum atomic E-state index is 14.3. The molecular weight excluding hydrogens is 559 g/mol. The van der Waals surface area contributed by atoms with Gasteiger partial charge in [0, 0.05) is 31.9 Å². The van der Waals surface area contributed by atoms with E-state index in [4.69, 9.17) is 17.3 Å². The van der Waals surface area contributed by atoms with Gasteiger partial charge in [-0.3, -0.25) is 14.6 Å². The Morgan fingerprint density at radius 3 is 2.61 bits per heavy atom. The third-order valence-corrected chi connectivity index (χ3v) is 8.53. The largest absolute Gasteiger partial charge is 0.394 e. The highest BCUT2D eigenvalue weighted by atomic mass is 35.5. The van der Waals surface area contributed by atoms with Crippen molar-refractivity contribution in [3.05, 3.63) is 70.6 Å². The Balaban J connectivity index is 1.12. The average Bonchev–Trinajstić information content (AvgIpc) is 3.16. The third-order valence-electron chi connectivity index (χ3n) is 8.32. The second-order valence-corrected chi connectivity index (χ2v) is 11.3. The molecule has 0 atom stereocenters. The lowest BCUT2D eigenvalue weighted by molar-refractivity contribution is -0.124. The zero-order valence-electron chi connectivity index (χ0n) is 21.9. The number of fused-ring (bicyclic) bond motifs is 2. The van der Waals surface area contributed by atoms with Gasteiger partial charge in [-0.05, 0) is 55.4 Å². The van der Waals surface area contributed by atoms with Gasteiger partial charge in [-0.15, -0.1) is 0 Å². The number of hydrogen-bond donors (Lipinski definition) is 2. The molecule has 3 N–H and O–H groups in total. The van der Waals surface area contributed by atoms with Crippen molar-refractivity contribution >= 4 is 40.6 Å². The van der Waals surface area contributed by atoms with Gasteiger partial charge < -0.3 is 20.9 Å². The van der Waals surface area contributed by atoms with Crippen LogP contribution in [0.5, 0.6) is 0 Å². The molecule has 0 unspecified atom stereocenters. The number of amides is 2. The second kappa shape index (κ2) is 10.5. The van der Waals surface area contributed by atoms with E-state index >= 15 is 0 Å². The van der Waals surface area contributed by atoms with Gasteiger partial charge in [0.15, 0.2) is 5.82 Å². The van der Waals surface area contributed by atoms with E-state index in [1.807, 2.05) is 4.90 Å². The van der Waals surface area contributed by atoms with Gasteiger partial charge in [0.05, 0.1) is 28.2 Å². The van der Waals surface area contributed by atoms with E-state index in [1.54, 1.807) is 11.0 Å². The van der Waals surface area contributed by atoms with Gasteiger partial charge in [0.2, 0.25) is 5.91 Å². The maximum Gasteiger partial charge on any atom is 0.281 e. The predicted molar refractivity (Wildman–Crippen MR) is 147 cm³/mol. The first-order valence-corrected chi connectivity index (χ1v) is 13.7. The van der Waals surface area contributed by atoms with Gasteiger partial charge in [-0.1, -0.05) is 17.7 Å². The fraction of sp³-hybridized carbons (Fsp3) is 0.393. The molecule has 2 fully saturated rings. The number of nitrogens with one attached hydrogen (secondary N) is 1. The zero-order valence-corrected chi connectivity index (χ0v) is 22.6. The highest BCUT2D eigenvalue weighted by Crippen LogP contribution is 2.49. The Bertz CT molecular complexity index is 1510. The second-order valence-electron chi connectivity index (χ2n) is 10.9. The molecular formula is C28H27ClF3N7O2. The van der Waals surface area contributed by atoms with Crippen LogP contribution in [-0.2, 0) is 10.2 Å². The van der Waals surface area contributed by atoms with Gasteiger partial charge in [-0.2, -0.15) is 0 Å². The normalized spacial score (nSPS) is 21.2. The van der Waals surface area contributed by atoms with E-state index in [2.05, 4.69) is 20.3 Å². The summed E-state index contributed by atoms with van der Waals surface area (Å²) in [4.78, 5) is 42.1. The summed E-state index contributed by atoms with van der Waals surface area (Å²) in [6, 6.07) is 5.46. The molecule has 2 aliphatic heterocycles. The standard InChI is InChI=1S/C28H27ClF3N7O2/c29-16-7-19(23(24(31)32)35-9-16)26(40)37-18-4-1-15(2-5-18)11-39-22-8-17(30)3-6-20(22)28(27(39)41)12-38(13-28)25-21(33)10-34-14-36-25/h3,6-10,14-15,18,24H,1-2,4-5,11-13,33H2,(H,37,40). The fourth-order valence-corrected chi connectivity index (χ4v) is 6.43. The first-order valence-electron chi connectivity index (χ1n) is 13.3. The van der Waals surface area contributed by atoms with Crippen LogP contribution in [-0.4, -0.2) is 52.4 Å². The summed E-state index contributed by atoms with van der Waals surface area (Å²) in [7, 11) is 0. The topological polar surface area (TPSA) is 117 Å². The zero-order chi connectivity index (χ0) is 28.9. The minimum atomic E-state index is -2.90.